The predicted molar refractivity (Wildman–Crippen MR) is 130 cm³/mol. The van der Waals surface area contributed by atoms with Crippen molar-refractivity contribution < 1.29 is 33.8 Å². The highest BCUT2D eigenvalue weighted by Gasteiger charge is 2.28. The number of halogens is 2. The standard InChI is InChI=1S/C22H24Br2NO7P/c1-5-31-21(28)18(11(2)3)25-20(27)14-10-13(6-7-17(14)26)32-19-15(23)8-12(9-16(19)24)22(4,29)33-30/h6-11,18,26,29H,5H2,1-4H3,(H,25,27). The highest BCUT2D eigenvalue weighted by molar-refractivity contribution is 9.11. The molecule has 0 aliphatic rings. The average molecular weight is 605 g/mol. The van der Waals surface area contributed by atoms with Crippen molar-refractivity contribution in [1.29, 1.82) is 0 Å². The van der Waals surface area contributed by atoms with Crippen LogP contribution >= 0.6 is 40.3 Å². The van der Waals surface area contributed by atoms with Crippen molar-refractivity contribution in [3.05, 3.63) is 50.4 Å². The van der Waals surface area contributed by atoms with Crippen LogP contribution in [-0.4, -0.2) is 34.7 Å². The molecule has 2 aromatic carbocycles. The lowest BCUT2D eigenvalue weighted by Gasteiger charge is -2.21. The molecule has 0 bridgehead atoms. The summed E-state index contributed by atoms with van der Waals surface area (Å²) in [7, 11) is -0.463. The SMILES string of the molecule is CCOC(=O)C(NC(=O)c1cc(Oc2c(Br)cc(C(C)(O)P=O)cc2Br)ccc1O)C(C)C. The van der Waals surface area contributed by atoms with E-state index in [-0.39, 0.29) is 29.6 Å². The lowest BCUT2D eigenvalue weighted by atomic mass is 10.0. The first kappa shape index (κ1) is 27.2. The van der Waals surface area contributed by atoms with Gasteiger partial charge in [-0.1, -0.05) is 13.8 Å². The van der Waals surface area contributed by atoms with Crippen molar-refractivity contribution in [2.45, 2.75) is 39.1 Å². The maximum Gasteiger partial charge on any atom is 0.328 e. The molecule has 33 heavy (non-hydrogen) atoms. The fourth-order valence-corrected chi connectivity index (χ4v) is 4.39. The van der Waals surface area contributed by atoms with Gasteiger partial charge in [0.25, 0.3) is 5.91 Å². The number of carbonyl (C=O) groups excluding carboxylic acids is 2. The summed E-state index contributed by atoms with van der Waals surface area (Å²) in [4.78, 5) is 25.0. The summed E-state index contributed by atoms with van der Waals surface area (Å²) in [5.74, 6) is -1.17. The highest BCUT2D eigenvalue weighted by atomic mass is 79.9. The molecule has 0 saturated carbocycles. The van der Waals surface area contributed by atoms with E-state index in [0.717, 1.165) is 0 Å². The Hall–Kier alpha value is -2.00. The molecule has 2 rings (SSSR count). The second-order valence-electron chi connectivity index (χ2n) is 7.61. The fourth-order valence-electron chi connectivity index (χ4n) is 2.81. The van der Waals surface area contributed by atoms with Crippen molar-refractivity contribution in [3.63, 3.8) is 0 Å². The molecule has 8 nitrogen and oxygen atoms in total. The maximum atomic E-state index is 12.8. The Balaban J connectivity index is 2.33. The molecule has 11 heteroatoms. The molecule has 2 unspecified atom stereocenters. The number of nitrogens with one attached hydrogen (secondary N) is 1. The Morgan fingerprint density at radius 1 is 1.18 bits per heavy atom. The summed E-state index contributed by atoms with van der Waals surface area (Å²) in [6.07, 6.45) is 0. The monoisotopic (exact) mass is 603 g/mol. The number of esters is 1. The Morgan fingerprint density at radius 2 is 1.79 bits per heavy atom. The minimum Gasteiger partial charge on any atom is -0.507 e. The third-order valence-corrected chi connectivity index (χ3v) is 6.44. The van der Waals surface area contributed by atoms with Crippen LogP contribution in [0.5, 0.6) is 17.2 Å². The van der Waals surface area contributed by atoms with Gasteiger partial charge in [-0.05, 0) is 87.5 Å². The molecule has 1 amide bonds. The van der Waals surface area contributed by atoms with Crippen LogP contribution in [-0.2, 0) is 19.4 Å². The van der Waals surface area contributed by atoms with Crippen LogP contribution in [0, 0.1) is 5.92 Å². The van der Waals surface area contributed by atoms with Crippen LogP contribution in [0.3, 0.4) is 0 Å². The zero-order valence-electron chi connectivity index (χ0n) is 18.4. The number of carbonyl (C=O) groups is 2. The molecule has 0 fully saturated rings. The first-order valence-electron chi connectivity index (χ1n) is 9.96. The largest absolute Gasteiger partial charge is 0.507 e. The van der Waals surface area contributed by atoms with Crippen molar-refractivity contribution >= 4 is 52.2 Å². The average Bonchev–Trinajstić information content (AvgIpc) is 2.75. The van der Waals surface area contributed by atoms with Gasteiger partial charge in [-0.25, -0.2) is 4.79 Å². The molecule has 0 heterocycles. The normalized spacial score (nSPS) is 13.9. The molecular weight excluding hydrogens is 581 g/mol. The molecule has 178 valence electrons. The maximum absolute atomic E-state index is 12.8. The van der Waals surface area contributed by atoms with Crippen LogP contribution in [0.25, 0.3) is 0 Å². The number of amides is 1. The summed E-state index contributed by atoms with van der Waals surface area (Å²) in [5, 5.41) is 21.5. The number of hydrogen-bond donors (Lipinski definition) is 3. The summed E-state index contributed by atoms with van der Waals surface area (Å²) in [6.45, 7) is 6.79. The summed E-state index contributed by atoms with van der Waals surface area (Å²) in [5.41, 5.74) is 0.300. The summed E-state index contributed by atoms with van der Waals surface area (Å²) < 4.78 is 23.1. The summed E-state index contributed by atoms with van der Waals surface area (Å²) in [6, 6.07) is 6.35. The number of phenolic OH excluding ortho intramolecular Hbond substituents is 1. The molecule has 0 radical (unpaired) electrons. The molecule has 2 atom stereocenters. The predicted octanol–water partition coefficient (Wildman–Crippen LogP) is 5.48. The van der Waals surface area contributed by atoms with Gasteiger partial charge in [0, 0.05) is 0 Å². The van der Waals surface area contributed by atoms with E-state index in [1.807, 2.05) is 0 Å². The van der Waals surface area contributed by atoms with Gasteiger partial charge in [-0.3, -0.25) is 9.36 Å². The van der Waals surface area contributed by atoms with E-state index in [1.165, 1.54) is 25.1 Å². The lowest BCUT2D eigenvalue weighted by molar-refractivity contribution is -0.146. The van der Waals surface area contributed by atoms with Gasteiger partial charge in [0.2, 0.25) is 0 Å². The lowest BCUT2D eigenvalue weighted by Crippen LogP contribution is -2.45. The minimum atomic E-state index is -1.58. The van der Waals surface area contributed by atoms with Crippen LogP contribution in [0.4, 0.5) is 0 Å². The molecule has 0 spiro atoms. The van der Waals surface area contributed by atoms with Crippen molar-refractivity contribution in [1.82, 2.24) is 5.32 Å². The van der Waals surface area contributed by atoms with E-state index in [0.29, 0.717) is 20.3 Å². The molecule has 3 N–H and O–H groups in total. The zero-order valence-corrected chi connectivity index (χ0v) is 22.5. The number of benzene rings is 2. The summed E-state index contributed by atoms with van der Waals surface area (Å²) >= 11 is 6.73. The van der Waals surface area contributed by atoms with Crippen molar-refractivity contribution in [2.24, 2.45) is 5.92 Å². The first-order chi connectivity index (χ1) is 15.4. The number of hydrogen-bond acceptors (Lipinski definition) is 7. The number of aliphatic hydroxyl groups is 1. The van der Waals surface area contributed by atoms with Crippen LogP contribution in [0.2, 0.25) is 0 Å². The zero-order chi connectivity index (χ0) is 24.9. The molecule has 0 aliphatic heterocycles. The van der Waals surface area contributed by atoms with E-state index in [2.05, 4.69) is 37.2 Å². The van der Waals surface area contributed by atoms with E-state index in [9.17, 15) is 24.4 Å². The second-order valence-corrected chi connectivity index (χ2v) is 10.4. The van der Waals surface area contributed by atoms with Gasteiger partial charge in [-0.2, -0.15) is 0 Å². The molecule has 0 saturated heterocycles. The van der Waals surface area contributed by atoms with E-state index in [4.69, 9.17) is 9.47 Å². The molecule has 0 aromatic heterocycles. The number of aromatic hydroxyl groups is 1. The van der Waals surface area contributed by atoms with E-state index >= 15 is 0 Å². The van der Waals surface area contributed by atoms with Crippen molar-refractivity contribution in [3.8, 4) is 17.2 Å². The van der Waals surface area contributed by atoms with Gasteiger partial charge in [0.05, 0.1) is 21.1 Å². The van der Waals surface area contributed by atoms with Gasteiger partial charge in [0.1, 0.15) is 17.5 Å². The van der Waals surface area contributed by atoms with Crippen LogP contribution in [0.15, 0.2) is 39.3 Å². The van der Waals surface area contributed by atoms with E-state index < -0.39 is 31.7 Å². The van der Waals surface area contributed by atoms with Gasteiger partial charge >= 0.3 is 5.97 Å². The van der Waals surface area contributed by atoms with Gasteiger partial charge < -0.3 is 25.0 Å². The second kappa shape index (κ2) is 11.4. The minimum absolute atomic E-state index is 0.0839. The smallest absolute Gasteiger partial charge is 0.328 e. The first-order valence-corrected chi connectivity index (χ1v) is 12.4. The Bertz CT molecular complexity index is 1040. The molecular formula is C22H24Br2NO7P. The Morgan fingerprint density at radius 3 is 2.30 bits per heavy atom. The Kier molecular flexibility index (Phi) is 9.43. The van der Waals surface area contributed by atoms with E-state index in [1.54, 1.807) is 32.9 Å². The number of rotatable bonds is 9. The van der Waals surface area contributed by atoms with Crippen molar-refractivity contribution in [2.75, 3.05) is 6.61 Å². The van der Waals surface area contributed by atoms with Gasteiger partial charge in [-0.15, -0.1) is 0 Å². The number of ether oxygens (including phenoxy) is 2. The topological polar surface area (TPSA) is 122 Å². The fraction of sp³-hybridized carbons (Fsp3) is 0.364. The third kappa shape index (κ3) is 6.76. The number of phenols is 1. The third-order valence-electron chi connectivity index (χ3n) is 4.65. The molecule has 2 aromatic rings. The van der Waals surface area contributed by atoms with Crippen LogP contribution < -0.4 is 10.1 Å². The van der Waals surface area contributed by atoms with Gasteiger partial charge in [0.15, 0.2) is 19.6 Å². The van der Waals surface area contributed by atoms with Crippen LogP contribution in [0.1, 0.15) is 43.6 Å². The molecule has 0 aliphatic carbocycles. The highest BCUT2D eigenvalue weighted by Crippen LogP contribution is 2.42. The quantitative estimate of drug-likeness (QED) is 0.256. The Labute approximate surface area is 210 Å².